The van der Waals surface area contributed by atoms with Crippen LogP contribution in [0.15, 0.2) is 12.7 Å². The maximum absolute atomic E-state index is 10.8. The molecule has 2 aromatic rings. The molecule has 2 aromatic heterocycles. The lowest BCUT2D eigenvalue weighted by atomic mass is 9.95. The fraction of sp³-hybridized carbons (Fsp3) is 0.545. The van der Waals surface area contributed by atoms with E-state index in [4.69, 9.17) is 20.3 Å². The molecule has 21 heavy (non-hydrogen) atoms. The highest BCUT2D eigenvalue weighted by Crippen LogP contribution is 2.34. The molecular formula is C11H18N5O4P. The topological polar surface area (TPSA) is 136 Å². The minimum Gasteiger partial charge on any atom is -0.382 e. The van der Waals surface area contributed by atoms with Gasteiger partial charge in [0, 0.05) is 12.0 Å². The van der Waals surface area contributed by atoms with Gasteiger partial charge in [0.15, 0.2) is 11.5 Å². The van der Waals surface area contributed by atoms with E-state index in [-0.39, 0.29) is 12.0 Å². The highest BCUT2D eigenvalue weighted by atomic mass is 31.2. The molecule has 0 radical (unpaired) electrons. The van der Waals surface area contributed by atoms with Crippen LogP contribution in [0, 0.1) is 5.41 Å². The number of aromatic nitrogens is 4. The van der Waals surface area contributed by atoms with Crippen molar-refractivity contribution in [3.63, 3.8) is 0 Å². The van der Waals surface area contributed by atoms with E-state index in [2.05, 4.69) is 15.0 Å². The van der Waals surface area contributed by atoms with Crippen molar-refractivity contribution in [3.8, 4) is 0 Å². The molecule has 2 heterocycles. The van der Waals surface area contributed by atoms with E-state index >= 15 is 0 Å². The molecule has 0 saturated carbocycles. The van der Waals surface area contributed by atoms with Crippen molar-refractivity contribution in [2.45, 2.75) is 20.4 Å². The first-order chi connectivity index (χ1) is 9.68. The number of nitrogens with two attached hydrogens (primary N) is 1. The SMILES string of the molecule is CC(C)(COCP(=O)(O)O)Cn1cnc2c(N)ncnc21. The second-order valence-electron chi connectivity index (χ2n) is 5.61. The average molecular weight is 315 g/mol. The van der Waals surface area contributed by atoms with Gasteiger partial charge in [0.05, 0.1) is 12.9 Å². The normalized spacial score (nSPS) is 13.0. The van der Waals surface area contributed by atoms with E-state index in [1.807, 2.05) is 18.4 Å². The van der Waals surface area contributed by atoms with Crippen LogP contribution in [0.1, 0.15) is 13.8 Å². The monoisotopic (exact) mass is 315 g/mol. The van der Waals surface area contributed by atoms with Gasteiger partial charge in [-0.2, -0.15) is 0 Å². The van der Waals surface area contributed by atoms with E-state index in [9.17, 15) is 4.57 Å². The molecule has 0 bridgehead atoms. The summed E-state index contributed by atoms with van der Waals surface area (Å²) in [6, 6.07) is 0. The average Bonchev–Trinajstić information content (AvgIpc) is 2.71. The number of hydrogen-bond donors (Lipinski definition) is 3. The molecule has 0 amide bonds. The van der Waals surface area contributed by atoms with Crippen LogP contribution in [0.4, 0.5) is 5.82 Å². The van der Waals surface area contributed by atoms with Gasteiger partial charge < -0.3 is 24.8 Å². The van der Waals surface area contributed by atoms with Crippen LogP contribution in [0.25, 0.3) is 11.2 Å². The van der Waals surface area contributed by atoms with Crippen LogP contribution in [0.3, 0.4) is 0 Å². The predicted molar refractivity (Wildman–Crippen MR) is 76.4 cm³/mol. The van der Waals surface area contributed by atoms with Crippen LogP contribution >= 0.6 is 7.60 Å². The summed E-state index contributed by atoms with van der Waals surface area (Å²) in [5, 5.41) is 0. The molecule has 0 aliphatic rings. The molecule has 9 nitrogen and oxygen atoms in total. The zero-order valence-electron chi connectivity index (χ0n) is 11.8. The zero-order valence-corrected chi connectivity index (χ0v) is 12.7. The fourth-order valence-electron chi connectivity index (χ4n) is 1.96. The van der Waals surface area contributed by atoms with Gasteiger partial charge in [-0.15, -0.1) is 0 Å². The van der Waals surface area contributed by atoms with Gasteiger partial charge in [0.1, 0.15) is 18.2 Å². The second kappa shape index (κ2) is 5.69. The van der Waals surface area contributed by atoms with Crippen molar-refractivity contribution in [3.05, 3.63) is 12.7 Å². The molecule has 0 aliphatic carbocycles. The van der Waals surface area contributed by atoms with Crippen LogP contribution in [-0.4, -0.2) is 42.3 Å². The molecule has 4 N–H and O–H groups in total. The number of imidazole rings is 1. The number of ether oxygens (including phenoxy) is 1. The van der Waals surface area contributed by atoms with Crippen LogP contribution in [0.2, 0.25) is 0 Å². The number of fused-ring (bicyclic) bond motifs is 1. The Morgan fingerprint density at radius 3 is 2.76 bits per heavy atom. The summed E-state index contributed by atoms with van der Waals surface area (Å²) < 4.78 is 17.7. The minimum atomic E-state index is -4.15. The molecule has 0 atom stereocenters. The van der Waals surface area contributed by atoms with Crippen molar-refractivity contribution in [2.24, 2.45) is 5.41 Å². The Morgan fingerprint density at radius 2 is 2.10 bits per heavy atom. The van der Waals surface area contributed by atoms with Crippen LogP contribution in [-0.2, 0) is 15.8 Å². The molecule has 0 fully saturated rings. The van der Waals surface area contributed by atoms with Crippen molar-refractivity contribution < 1.29 is 19.1 Å². The number of hydrogen-bond acceptors (Lipinski definition) is 6. The van der Waals surface area contributed by atoms with E-state index in [0.717, 1.165) is 0 Å². The zero-order chi connectivity index (χ0) is 15.7. The Kier molecular flexibility index (Phi) is 4.29. The van der Waals surface area contributed by atoms with E-state index in [0.29, 0.717) is 23.5 Å². The Labute approximate surface area is 121 Å². The lowest BCUT2D eigenvalue weighted by Gasteiger charge is -2.25. The van der Waals surface area contributed by atoms with Gasteiger partial charge in [0.2, 0.25) is 0 Å². The summed E-state index contributed by atoms with van der Waals surface area (Å²) in [5.41, 5.74) is 6.51. The molecule has 0 spiro atoms. The Balaban J connectivity index is 2.08. The maximum atomic E-state index is 10.8. The molecule has 2 rings (SSSR count). The first-order valence-corrected chi connectivity index (χ1v) is 8.01. The summed E-state index contributed by atoms with van der Waals surface area (Å²) in [5.74, 6) is 0.314. The van der Waals surface area contributed by atoms with Crippen molar-refractivity contribution in [2.75, 3.05) is 18.7 Å². The summed E-state index contributed by atoms with van der Waals surface area (Å²) >= 11 is 0. The van der Waals surface area contributed by atoms with Crippen LogP contribution < -0.4 is 5.73 Å². The van der Waals surface area contributed by atoms with Gasteiger partial charge >= 0.3 is 7.60 Å². The van der Waals surface area contributed by atoms with Crippen LogP contribution in [0.5, 0.6) is 0 Å². The maximum Gasteiger partial charge on any atom is 0.350 e. The highest BCUT2D eigenvalue weighted by molar-refractivity contribution is 7.51. The summed E-state index contributed by atoms with van der Waals surface area (Å²) in [6.07, 6.45) is 2.39. The number of nitrogens with zero attached hydrogens (tertiary/aromatic N) is 4. The summed E-state index contributed by atoms with van der Waals surface area (Å²) in [7, 11) is -4.15. The number of anilines is 1. The Bertz CT molecular complexity index is 680. The summed E-state index contributed by atoms with van der Waals surface area (Å²) in [6.45, 7) is 4.55. The Hall–Kier alpha value is -1.54. The molecule has 0 aromatic carbocycles. The van der Waals surface area contributed by atoms with E-state index in [1.54, 1.807) is 6.33 Å². The van der Waals surface area contributed by atoms with Crippen molar-refractivity contribution in [1.29, 1.82) is 0 Å². The van der Waals surface area contributed by atoms with E-state index in [1.165, 1.54) is 6.33 Å². The largest absolute Gasteiger partial charge is 0.382 e. The predicted octanol–water partition coefficient (Wildman–Crippen LogP) is 0.586. The third-order valence-corrected chi connectivity index (χ3v) is 3.30. The first kappa shape index (κ1) is 15.8. The third-order valence-electron chi connectivity index (χ3n) is 2.78. The van der Waals surface area contributed by atoms with Crippen molar-refractivity contribution >= 4 is 24.6 Å². The number of nitrogen functional groups attached to an aromatic ring is 1. The molecule has 0 unspecified atom stereocenters. The van der Waals surface area contributed by atoms with Gasteiger partial charge in [-0.1, -0.05) is 13.8 Å². The third kappa shape index (κ3) is 4.21. The molecular weight excluding hydrogens is 297 g/mol. The number of rotatable bonds is 6. The second-order valence-corrected chi connectivity index (χ2v) is 7.20. The lowest BCUT2D eigenvalue weighted by Crippen LogP contribution is -2.25. The first-order valence-electron chi connectivity index (χ1n) is 6.22. The smallest absolute Gasteiger partial charge is 0.350 e. The molecule has 116 valence electrons. The highest BCUT2D eigenvalue weighted by Gasteiger charge is 2.23. The fourth-order valence-corrected chi connectivity index (χ4v) is 2.29. The van der Waals surface area contributed by atoms with Gasteiger partial charge in [0.25, 0.3) is 0 Å². The van der Waals surface area contributed by atoms with Gasteiger partial charge in [-0.3, -0.25) is 4.57 Å². The standard InChI is InChI=1S/C11H18N5O4P/c1-11(2,4-20-7-21(17,18)19)3-16-6-15-8-9(12)13-5-14-10(8)16/h5-6H,3-4,7H2,1-2H3,(H2,12,13,14)(H2,17,18,19). The summed E-state index contributed by atoms with van der Waals surface area (Å²) in [4.78, 5) is 29.8. The minimum absolute atomic E-state index is 0.193. The van der Waals surface area contributed by atoms with Gasteiger partial charge in [-0.05, 0) is 0 Å². The van der Waals surface area contributed by atoms with Gasteiger partial charge in [-0.25, -0.2) is 15.0 Å². The van der Waals surface area contributed by atoms with E-state index < -0.39 is 13.9 Å². The molecule has 10 heteroatoms. The lowest BCUT2D eigenvalue weighted by molar-refractivity contribution is 0.0715. The van der Waals surface area contributed by atoms with Crippen molar-refractivity contribution in [1.82, 2.24) is 19.5 Å². The quantitative estimate of drug-likeness (QED) is 0.659. The molecule has 0 saturated heterocycles. The molecule has 0 aliphatic heterocycles. The Morgan fingerprint density at radius 1 is 1.38 bits per heavy atom.